The third-order valence-electron chi connectivity index (χ3n) is 5.58. The van der Waals surface area contributed by atoms with Crippen LogP contribution >= 0.6 is 0 Å². The lowest BCUT2D eigenvalue weighted by Gasteiger charge is -2.30. The van der Waals surface area contributed by atoms with Crippen molar-refractivity contribution in [3.63, 3.8) is 0 Å². The van der Waals surface area contributed by atoms with Crippen LogP contribution in [-0.4, -0.2) is 38.2 Å². The van der Waals surface area contributed by atoms with Crippen molar-refractivity contribution in [3.8, 4) is 0 Å². The average Bonchev–Trinajstić information content (AvgIpc) is 2.61. The first-order chi connectivity index (χ1) is 13.5. The maximum atomic E-state index is 12.3. The summed E-state index contributed by atoms with van der Waals surface area (Å²) < 4.78 is 26.9. The zero-order chi connectivity index (χ0) is 21.8. The number of aryl methyl sites for hydroxylation is 2. The van der Waals surface area contributed by atoms with E-state index in [1.165, 1.54) is 0 Å². The first kappa shape index (κ1) is 23.7. The second-order valence-electron chi connectivity index (χ2n) is 8.92. The maximum absolute atomic E-state index is 12.3. The van der Waals surface area contributed by atoms with E-state index in [2.05, 4.69) is 15.4 Å². The molecule has 0 unspecified atom stereocenters. The minimum Gasteiger partial charge on any atom is -0.384 e. The first-order valence-electron chi connectivity index (χ1n) is 10.7. The first-order valence-corrected chi connectivity index (χ1v) is 12.2. The van der Waals surface area contributed by atoms with Crippen LogP contribution in [0.1, 0.15) is 74.9 Å². The van der Waals surface area contributed by atoms with Crippen molar-refractivity contribution >= 4 is 21.6 Å². The van der Waals surface area contributed by atoms with Crippen molar-refractivity contribution in [2.75, 3.05) is 11.9 Å². The molecule has 3 N–H and O–H groups in total. The van der Waals surface area contributed by atoms with Crippen molar-refractivity contribution in [3.05, 3.63) is 28.8 Å². The molecular formula is C22H37N3O3S. The number of anilines is 1. The summed E-state index contributed by atoms with van der Waals surface area (Å²) in [6.07, 6.45) is 3.77. The molecule has 2 rings (SSSR count). The van der Waals surface area contributed by atoms with Gasteiger partial charge in [-0.25, -0.2) is 13.1 Å². The van der Waals surface area contributed by atoms with Crippen LogP contribution in [0, 0.1) is 19.8 Å². The molecule has 0 saturated heterocycles. The molecule has 0 aromatic heterocycles. The molecule has 29 heavy (non-hydrogen) atoms. The number of carbonyl (C=O) groups is 1. The number of amides is 1. The Labute approximate surface area is 176 Å². The van der Waals surface area contributed by atoms with Gasteiger partial charge in [0.25, 0.3) is 5.91 Å². The van der Waals surface area contributed by atoms with E-state index in [9.17, 15) is 13.2 Å². The van der Waals surface area contributed by atoms with Gasteiger partial charge >= 0.3 is 0 Å². The molecule has 0 radical (unpaired) electrons. The topological polar surface area (TPSA) is 87.3 Å². The summed E-state index contributed by atoms with van der Waals surface area (Å²) >= 11 is 0. The van der Waals surface area contributed by atoms with Gasteiger partial charge in [0.1, 0.15) is 0 Å². The molecule has 1 aromatic rings. The summed E-state index contributed by atoms with van der Waals surface area (Å²) in [6, 6.07) is 4.04. The van der Waals surface area contributed by atoms with Gasteiger partial charge in [0, 0.05) is 29.9 Å². The Morgan fingerprint density at radius 3 is 2.07 bits per heavy atom. The van der Waals surface area contributed by atoms with Crippen molar-refractivity contribution in [2.24, 2.45) is 5.92 Å². The van der Waals surface area contributed by atoms with Crippen LogP contribution in [0.2, 0.25) is 0 Å². The molecule has 1 saturated carbocycles. The Morgan fingerprint density at radius 1 is 1.03 bits per heavy atom. The Balaban J connectivity index is 1.90. The third kappa shape index (κ3) is 6.71. The molecule has 7 heteroatoms. The van der Waals surface area contributed by atoms with Crippen molar-refractivity contribution in [1.82, 2.24) is 10.0 Å². The van der Waals surface area contributed by atoms with E-state index in [-0.39, 0.29) is 18.0 Å². The van der Waals surface area contributed by atoms with Crippen molar-refractivity contribution in [1.29, 1.82) is 0 Å². The van der Waals surface area contributed by atoms with E-state index in [1.54, 1.807) is 13.8 Å². The summed E-state index contributed by atoms with van der Waals surface area (Å²) in [6.45, 7) is 12.2. The van der Waals surface area contributed by atoms with Crippen LogP contribution in [0.5, 0.6) is 0 Å². The van der Waals surface area contributed by atoms with E-state index in [0.29, 0.717) is 11.5 Å². The predicted octanol–water partition coefficient (Wildman–Crippen LogP) is 3.74. The van der Waals surface area contributed by atoms with Gasteiger partial charge in [-0.1, -0.05) is 0 Å². The number of rotatable bonds is 8. The number of carbonyl (C=O) groups excluding carboxylic acids is 1. The van der Waals surface area contributed by atoms with E-state index in [0.717, 1.165) is 49.0 Å². The van der Waals surface area contributed by atoms with E-state index >= 15 is 0 Å². The second kappa shape index (κ2) is 9.94. The van der Waals surface area contributed by atoms with Crippen LogP contribution in [-0.2, 0) is 10.0 Å². The fraction of sp³-hybridized carbons (Fsp3) is 0.682. The summed E-state index contributed by atoms with van der Waals surface area (Å²) in [5.74, 6) is 0.484. The number of hydrogen-bond acceptors (Lipinski definition) is 4. The Morgan fingerprint density at radius 2 is 1.59 bits per heavy atom. The Bertz CT molecular complexity index is 788. The SMILES string of the molecule is Cc1cc(C(=O)NC(C)C)cc(C)c1NC[C@H]1CC[C@H](NS(=O)(=O)C(C)C)CC1. The molecule has 1 fully saturated rings. The van der Waals surface area contributed by atoms with Crippen molar-refractivity contribution < 1.29 is 13.2 Å². The minimum atomic E-state index is -3.20. The van der Waals surface area contributed by atoms with Gasteiger partial charge in [-0.15, -0.1) is 0 Å². The standard InChI is InChI=1S/C22H37N3O3S/c1-14(2)24-22(26)19-11-16(5)21(17(6)12-19)23-13-18-7-9-20(10-8-18)25-29(27,28)15(3)4/h11-12,14-15,18,20,23,25H,7-10,13H2,1-6H3,(H,24,26)/t18-,20-. The lowest BCUT2D eigenvalue weighted by molar-refractivity contribution is 0.0943. The molecule has 1 aromatic carbocycles. The molecule has 0 bridgehead atoms. The predicted molar refractivity (Wildman–Crippen MR) is 120 cm³/mol. The highest BCUT2D eigenvalue weighted by Crippen LogP contribution is 2.28. The normalized spacial score (nSPS) is 20.1. The highest BCUT2D eigenvalue weighted by atomic mass is 32.2. The largest absolute Gasteiger partial charge is 0.384 e. The molecule has 0 atom stereocenters. The van der Waals surface area contributed by atoms with Crippen LogP contribution in [0.3, 0.4) is 0 Å². The third-order valence-corrected chi connectivity index (χ3v) is 7.48. The minimum absolute atomic E-state index is 0.0417. The van der Waals surface area contributed by atoms with Gasteiger partial charge < -0.3 is 10.6 Å². The summed E-state index contributed by atoms with van der Waals surface area (Å²) in [7, 11) is -3.20. The summed E-state index contributed by atoms with van der Waals surface area (Å²) in [5, 5.41) is 6.11. The van der Waals surface area contributed by atoms with Gasteiger partial charge in [-0.05, 0) is 96.4 Å². The zero-order valence-electron chi connectivity index (χ0n) is 18.6. The van der Waals surface area contributed by atoms with Gasteiger partial charge in [0.05, 0.1) is 5.25 Å². The van der Waals surface area contributed by atoms with Gasteiger partial charge in [-0.3, -0.25) is 4.79 Å². The number of benzene rings is 1. The van der Waals surface area contributed by atoms with Crippen LogP contribution in [0.4, 0.5) is 5.69 Å². The lowest BCUT2D eigenvalue weighted by Crippen LogP contribution is -2.41. The van der Waals surface area contributed by atoms with Gasteiger partial charge in [0.15, 0.2) is 0 Å². The highest BCUT2D eigenvalue weighted by molar-refractivity contribution is 7.90. The molecule has 0 heterocycles. The Kier molecular flexibility index (Phi) is 8.11. The van der Waals surface area contributed by atoms with Crippen LogP contribution in [0.25, 0.3) is 0 Å². The monoisotopic (exact) mass is 423 g/mol. The van der Waals surface area contributed by atoms with Gasteiger partial charge in [0.2, 0.25) is 10.0 Å². The number of hydrogen-bond donors (Lipinski definition) is 3. The molecule has 1 aliphatic rings. The molecule has 6 nitrogen and oxygen atoms in total. The summed E-state index contributed by atoms with van der Waals surface area (Å²) in [4.78, 5) is 12.3. The molecule has 164 valence electrons. The number of sulfonamides is 1. The quantitative estimate of drug-likeness (QED) is 0.594. The van der Waals surface area contributed by atoms with Crippen LogP contribution < -0.4 is 15.4 Å². The molecule has 0 spiro atoms. The molecule has 1 aliphatic carbocycles. The maximum Gasteiger partial charge on any atom is 0.251 e. The molecule has 1 amide bonds. The number of nitrogens with one attached hydrogen (secondary N) is 3. The second-order valence-corrected chi connectivity index (χ2v) is 11.2. The van der Waals surface area contributed by atoms with E-state index < -0.39 is 15.3 Å². The zero-order valence-corrected chi connectivity index (χ0v) is 19.4. The molecular weight excluding hydrogens is 386 g/mol. The fourth-order valence-corrected chi connectivity index (χ4v) is 4.79. The average molecular weight is 424 g/mol. The Hall–Kier alpha value is -1.60. The lowest BCUT2D eigenvalue weighted by atomic mass is 9.86. The molecule has 0 aliphatic heterocycles. The van der Waals surface area contributed by atoms with Gasteiger partial charge in [-0.2, -0.15) is 0 Å². The highest BCUT2D eigenvalue weighted by Gasteiger charge is 2.26. The van der Waals surface area contributed by atoms with Crippen molar-refractivity contribution in [2.45, 2.75) is 84.6 Å². The smallest absolute Gasteiger partial charge is 0.251 e. The fourth-order valence-electron chi connectivity index (χ4n) is 3.82. The van der Waals surface area contributed by atoms with Crippen LogP contribution in [0.15, 0.2) is 12.1 Å². The summed E-state index contributed by atoms with van der Waals surface area (Å²) in [5.41, 5.74) is 3.92. The van der Waals surface area contributed by atoms with E-state index in [4.69, 9.17) is 0 Å². The van der Waals surface area contributed by atoms with E-state index in [1.807, 2.05) is 39.8 Å².